The highest BCUT2D eigenvalue weighted by Gasteiger charge is 2.06. The molecule has 0 aliphatic heterocycles. The zero-order valence-electron chi connectivity index (χ0n) is 14.4. The number of fused-ring (bicyclic) bond motifs is 1. The number of rotatable bonds is 3. The summed E-state index contributed by atoms with van der Waals surface area (Å²) in [6, 6.07) is 21.5. The lowest BCUT2D eigenvalue weighted by Gasteiger charge is -2.03. The molecule has 128 valence electrons. The second-order valence-electron chi connectivity index (χ2n) is 6.10. The fourth-order valence-corrected chi connectivity index (χ4v) is 3.04. The van der Waals surface area contributed by atoms with Gasteiger partial charge in [0.2, 0.25) is 0 Å². The maximum atomic E-state index is 12.9. The van der Waals surface area contributed by atoms with Gasteiger partial charge in [-0.15, -0.1) is 0 Å². The highest BCUT2D eigenvalue weighted by molar-refractivity contribution is 5.84. The predicted molar refractivity (Wildman–Crippen MR) is 105 cm³/mol. The van der Waals surface area contributed by atoms with Crippen LogP contribution in [0.2, 0.25) is 0 Å². The minimum absolute atomic E-state index is 0.131. The first-order valence-electron chi connectivity index (χ1n) is 8.30. The lowest BCUT2D eigenvalue weighted by atomic mass is 10.1. The van der Waals surface area contributed by atoms with E-state index < -0.39 is 0 Å². The second kappa shape index (κ2) is 6.41. The Labute approximate surface area is 150 Å². The summed E-state index contributed by atoms with van der Waals surface area (Å²) in [6.07, 6.45) is 1.82. The first-order chi connectivity index (χ1) is 12.7. The van der Waals surface area contributed by atoms with E-state index in [9.17, 15) is 4.79 Å². The summed E-state index contributed by atoms with van der Waals surface area (Å²) in [5.74, 6) is 0.745. The van der Waals surface area contributed by atoms with Crippen molar-refractivity contribution in [3.63, 3.8) is 0 Å². The van der Waals surface area contributed by atoms with Crippen molar-refractivity contribution >= 4 is 23.4 Å². The van der Waals surface area contributed by atoms with Crippen molar-refractivity contribution in [1.82, 2.24) is 9.78 Å². The van der Waals surface area contributed by atoms with Crippen molar-refractivity contribution in [2.75, 3.05) is 7.11 Å². The molecule has 1 N–H and O–H groups in total. The first-order valence-corrected chi connectivity index (χ1v) is 8.30. The number of hydrogen-bond donors (Lipinski definition) is 1. The Kier molecular flexibility index (Phi) is 3.93. The third kappa shape index (κ3) is 2.82. The lowest BCUT2D eigenvalue weighted by Crippen LogP contribution is -2.33. The average molecular weight is 342 g/mol. The fourth-order valence-electron chi connectivity index (χ4n) is 3.04. The Balaban J connectivity index is 1.87. The molecule has 3 aromatic carbocycles. The van der Waals surface area contributed by atoms with Crippen LogP contribution in [0.25, 0.3) is 29.1 Å². The average Bonchev–Trinajstić information content (AvgIpc) is 2.96. The van der Waals surface area contributed by atoms with E-state index in [1.54, 1.807) is 7.11 Å². The van der Waals surface area contributed by atoms with Crippen molar-refractivity contribution in [3.05, 3.63) is 93.2 Å². The van der Waals surface area contributed by atoms with Crippen LogP contribution in [0.3, 0.4) is 0 Å². The molecule has 1 heterocycles. The van der Waals surface area contributed by atoms with Gasteiger partial charge >= 0.3 is 0 Å². The van der Waals surface area contributed by atoms with Crippen LogP contribution in [0.15, 0.2) is 71.5 Å². The zero-order valence-corrected chi connectivity index (χ0v) is 14.4. The molecule has 0 saturated heterocycles. The van der Waals surface area contributed by atoms with Crippen molar-refractivity contribution in [2.45, 2.75) is 0 Å². The maximum Gasteiger partial charge on any atom is 0.279 e. The van der Waals surface area contributed by atoms with Crippen LogP contribution in [0, 0.1) is 0 Å². The highest BCUT2D eigenvalue weighted by atomic mass is 16.5. The molecule has 4 nitrogen and oxygen atoms in total. The zero-order chi connectivity index (χ0) is 18.1. The standard InChI is InChI=1S/C22H18N2O2/c1-15-21(13-16-6-5-9-20(12-16)26-2)22(25)24(23-15)19-11-10-17-7-3-4-8-18(17)14-19/h3-14,23H,1H2,2H3/b21-13-. The van der Waals surface area contributed by atoms with Crippen LogP contribution in [-0.2, 0) is 0 Å². The van der Waals surface area contributed by atoms with Crippen LogP contribution in [0.5, 0.6) is 5.75 Å². The Hall–Kier alpha value is -3.53. The quantitative estimate of drug-likeness (QED) is 0.622. The molecular weight excluding hydrogens is 324 g/mol. The molecule has 0 amide bonds. The van der Waals surface area contributed by atoms with Gasteiger partial charge in [-0.25, -0.2) is 4.68 Å². The van der Waals surface area contributed by atoms with Gasteiger partial charge in [-0.05, 0) is 46.7 Å². The van der Waals surface area contributed by atoms with E-state index in [-0.39, 0.29) is 5.56 Å². The smallest absolute Gasteiger partial charge is 0.279 e. The molecule has 0 unspecified atom stereocenters. The summed E-state index contributed by atoms with van der Waals surface area (Å²) in [6.45, 7) is 3.99. The number of aromatic nitrogens is 2. The molecule has 0 saturated carbocycles. The minimum Gasteiger partial charge on any atom is -0.497 e. The van der Waals surface area contributed by atoms with Gasteiger partial charge in [-0.2, -0.15) is 0 Å². The number of ether oxygens (including phenoxy) is 1. The Morgan fingerprint density at radius 3 is 2.62 bits per heavy atom. The molecule has 0 spiro atoms. The normalized spacial score (nSPS) is 11.8. The molecule has 0 aliphatic carbocycles. The van der Waals surface area contributed by atoms with Gasteiger partial charge in [0, 0.05) is 0 Å². The molecule has 4 rings (SSSR count). The summed E-state index contributed by atoms with van der Waals surface area (Å²) in [7, 11) is 1.62. The van der Waals surface area contributed by atoms with Crippen LogP contribution in [0.4, 0.5) is 0 Å². The Morgan fingerprint density at radius 2 is 1.81 bits per heavy atom. The van der Waals surface area contributed by atoms with Crippen molar-refractivity contribution in [1.29, 1.82) is 0 Å². The largest absolute Gasteiger partial charge is 0.497 e. The molecule has 0 bridgehead atoms. The summed E-state index contributed by atoms with van der Waals surface area (Å²) in [5.41, 5.74) is 1.54. The number of nitrogens with zero attached hydrogens (tertiary/aromatic N) is 1. The van der Waals surface area contributed by atoms with Gasteiger partial charge in [-0.3, -0.25) is 9.89 Å². The monoisotopic (exact) mass is 342 g/mol. The Bertz CT molecular complexity index is 1270. The third-order valence-electron chi connectivity index (χ3n) is 4.40. The van der Waals surface area contributed by atoms with E-state index in [4.69, 9.17) is 4.74 Å². The first kappa shape index (κ1) is 16.0. The lowest BCUT2D eigenvalue weighted by molar-refractivity contribution is 0.414. The fraction of sp³-hybridized carbons (Fsp3) is 0.0455. The van der Waals surface area contributed by atoms with Crippen molar-refractivity contribution in [3.8, 4) is 11.4 Å². The molecule has 26 heavy (non-hydrogen) atoms. The predicted octanol–water partition coefficient (Wildman–Crippen LogP) is 2.57. The molecule has 0 radical (unpaired) electrons. The van der Waals surface area contributed by atoms with E-state index in [1.807, 2.05) is 72.8 Å². The number of aromatic amines is 1. The van der Waals surface area contributed by atoms with Crippen LogP contribution >= 0.6 is 0 Å². The second-order valence-corrected chi connectivity index (χ2v) is 6.10. The van der Waals surface area contributed by atoms with Gasteiger partial charge in [0.25, 0.3) is 5.56 Å². The van der Waals surface area contributed by atoms with E-state index in [0.29, 0.717) is 10.6 Å². The van der Waals surface area contributed by atoms with Gasteiger partial charge in [0.1, 0.15) is 5.75 Å². The summed E-state index contributed by atoms with van der Waals surface area (Å²) in [4.78, 5) is 12.9. The van der Waals surface area contributed by atoms with Gasteiger partial charge in [-0.1, -0.05) is 49.0 Å². The van der Waals surface area contributed by atoms with E-state index in [1.165, 1.54) is 4.68 Å². The minimum atomic E-state index is -0.131. The number of methoxy groups -OCH3 is 1. The molecule has 4 aromatic rings. The SMILES string of the molecule is C=c1[nH]n(-c2ccc3ccccc3c2)c(=O)/c1=C\c1cccc(OC)c1. The van der Waals surface area contributed by atoms with E-state index in [0.717, 1.165) is 27.8 Å². The van der Waals surface area contributed by atoms with Crippen LogP contribution < -0.4 is 20.9 Å². The molecule has 1 aromatic heterocycles. The number of H-pyrrole nitrogens is 1. The topological polar surface area (TPSA) is 47.0 Å². The van der Waals surface area contributed by atoms with E-state index >= 15 is 0 Å². The molecule has 0 atom stereocenters. The summed E-state index contributed by atoms with van der Waals surface area (Å²) >= 11 is 0. The molecule has 0 fully saturated rings. The van der Waals surface area contributed by atoms with Crippen molar-refractivity contribution < 1.29 is 4.74 Å². The molecular formula is C22H18N2O2. The molecule has 0 aliphatic rings. The van der Waals surface area contributed by atoms with Crippen LogP contribution in [-0.4, -0.2) is 16.9 Å². The maximum absolute atomic E-state index is 12.9. The van der Waals surface area contributed by atoms with Crippen molar-refractivity contribution in [2.24, 2.45) is 0 Å². The van der Waals surface area contributed by atoms with E-state index in [2.05, 4.69) is 11.7 Å². The number of benzene rings is 3. The third-order valence-corrected chi connectivity index (χ3v) is 4.40. The molecule has 4 heteroatoms. The Morgan fingerprint density at radius 1 is 1.00 bits per heavy atom. The highest BCUT2D eigenvalue weighted by Crippen LogP contribution is 2.16. The summed E-state index contributed by atoms with van der Waals surface area (Å²) in [5, 5.41) is 6.39. The van der Waals surface area contributed by atoms with Crippen LogP contribution in [0.1, 0.15) is 5.56 Å². The number of hydrogen-bond acceptors (Lipinski definition) is 2. The van der Waals surface area contributed by atoms with Gasteiger partial charge in [0.05, 0.1) is 23.4 Å². The van der Waals surface area contributed by atoms with Gasteiger partial charge in [0.15, 0.2) is 0 Å². The van der Waals surface area contributed by atoms with Gasteiger partial charge < -0.3 is 4.74 Å². The summed E-state index contributed by atoms with van der Waals surface area (Å²) < 4.78 is 6.77. The number of nitrogens with one attached hydrogen (secondary N) is 1.